The number of rotatable bonds is 4. The highest BCUT2D eigenvalue weighted by atomic mass is 35.5. The third-order valence-corrected chi connectivity index (χ3v) is 3.90. The number of aromatic nitrogens is 2. The van der Waals surface area contributed by atoms with Crippen molar-refractivity contribution in [3.05, 3.63) is 69.1 Å². The molecule has 128 valence electrons. The molecule has 0 spiro atoms. The molecule has 0 saturated heterocycles. The minimum absolute atomic E-state index is 0.0126. The van der Waals surface area contributed by atoms with E-state index in [0.29, 0.717) is 21.1 Å². The lowest BCUT2D eigenvalue weighted by molar-refractivity contribution is 0.0949. The van der Waals surface area contributed by atoms with Crippen LogP contribution in [0, 0.1) is 0 Å². The Labute approximate surface area is 147 Å². The van der Waals surface area contributed by atoms with Gasteiger partial charge in [0.15, 0.2) is 5.82 Å². The van der Waals surface area contributed by atoms with Crippen LogP contribution in [-0.4, -0.2) is 27.9 Å². The number of benzene rings is 1. The van der Waals surface area contributed by atoms with Gasteiger partial charge in [-0.05, 0) is 23.8 Å². The number of carbonyl (C=O) groups is 1. The Kier molecular flexibility index (Phi) is 4.58. The lowest BCUT2D eigenvalue weighted by atomic mass is 10.1. The maximum Gasteiger partial charge on any atom is 0.284 e. The van der Waals surface area contributed by atoms with Crippen LogP contribution in [0.2, 0.25) is 5.02 Å². The van der Waals surface area contributed by atoms with Crippen molar-refractivity contribution in [2.45, 2.75) is 6.54 Å². The van der Waals surface area contributed by atoms with Crippen LogP contribution >= 0.6 is 11.6 Å². The lowest BCUT2D eigenvalue weighted by Gasteiger charge is -2.13. The van der Waals surface area contributed by atoms with Gasteiger partial charge in [0.25, 0.3) is 11.5 Å². The van der Waals surface area contributed by atoms with Gasteiger partial charge in [-0.15, -0.1) is 0 Å². The first-order chi connectivity index (χ1) is 12.0. The van der Waals surface area contributed by atoms with E-state index in [9.17, 15) is 14.8 Å². The van der Waals surface area contributed by atoms with Crippen molar-refractivity contribution in [1.29, 1.82) is 0 Å². The Morgan fingerprint density at radius 1 is 1.32 bits per heavy atom. The molecule has 3 rings (SSSR count). The summed E-state index contributed by atoms with van der Waals surface area (Å²) in [6.07, 6.45) is 1.30. The van der Waals surface area contributed by atoms with Gasteiger partial charge < -0.3 is 15.3 Å². The molecule has 1 aromatic carbocycles. The zero-order chi connectivity index (χ0) is 18.0. The van der Waals surface area contributed by atoms with Crippen molar-refractivity contribution in [2.75, 3.05) is 7.11 Å². The van der Waals surface area contributed by atoms with E-state index in [1.807, 2.05) is 0 Å². The first kappa shape index (κ1) is 16.8. The minimum atomic E-state index is -0.739. The molecule has 2 heterocycles. The van der Waals surface area contributed by atoms with Crippen molar-refractivity contribution in [3.63, 3.8) is 0 Å². The lowest BCUT2D eigenvalue weighted by Crippen LogP contribution is -2.30. The summed E-state index contributed by atoms with van der Waals surface area (Å²) >= 11 is 5.82. The molecule has 0 radical (unpaired) electrons. The van der Waals surface area contributed by atoms with Crippen LogP contribution in [0.4, 0.5) is 0 Å². The van der Waals surface area contributed by atoms with E-state index < -0.39 is 11.5 Å². The van der Waals surface area contributed by atoms with Gasteiger partial charge in [0.05, 0.1) is 12.7 Å². The molecule has 2 aliphatic heterocycles. The Bertz CT molecular complexity index is 953. The zero-order valence-electron chi connectivity index (χ0n) is 13.2. The molecule has 0 fully saturated rings. The van der Waals surface area contributed by atoms with Crippen molar-refractivity contribution < 1.29 is 14.7 Å². The second-order valence-electron chi connectivity index (χ2n) is 5.25. The van der Waals surface area contributed by atoms with E-state index in [-0.39, 0.29) is 17.9 Å². The van der Waals surface area contributed by atoms with Crippen molar-refractivity contribution in [2.24, 2.45) is 0 Å². The molecule has 2 aliphatic rings. The van der Waals surface area contributed by atoms with Crippen LogP contribution in [0.3, 0.4) is 0 Å². The Balaban J connectivity index is 1.91. The normalized spacial score (nSPS) is 10.6. The number of pyridine rings is 2. The first-order valence-electron chi connectivity index (χ1n) is 7.32. The summed E-state index contributed by atoms with van der Waals surface area (Å²) in [5.74, 6) is -0.164. The molecule has 25 heavy (non-hydrogen) atoms. The van der Waals surface area contributed by atoms with Crippen LogP contribution in [0.25, 0.3) is 11.4 Å². The zero-order valence-corrected chi connectivity index (χ0v) is 13.9. The monoisotopic (exact) mass is 359 g/mol. The second-order valence-corrected chi connectivity index (χ2v) is 5.69. The van der Waals surface area contributed by atoms with Crippen molar-refractivity contribution >= 4 is 17.5 Å². The number of ether oxygens (including phenoxy) is 1. The van der Waals surface area contributed by atoms with Crippen molar-refractivity contribution in [1.82, 2.24) is 15.0 Å². The quantitative estimate of drug-likeness (QED) is 0.696. The van der Waals surface area contributed by atoms with Gasteiger partial charge in [0, 0.05) is 23.8 Å². The number of hydrogen-bond donors (Lipinski definition) is 2. The molecule has 7 nitrogen and oxygen atoms in total. The molecule has 0 atom stereocenters. The molecule has 8 heteroatoms. The average Bonchev–Trinajstić information content (AvgIpc) is 2.61. The smallest absolute Gasteiger partial charge is 0.284 e. The number of fused-ring (bicyclic) bond motifs is 1. The third kappa shape index (κ3) is 3.41. The van der Waals surface area contributed by atoms with Gasteiger partial charge in [-0.3, -0.25) is 9.59 Å². The molecule has 0 aromatic heterocycles. The minimum Gasteiger partial charge on any atom is -0.496 e. The highest BCUT2D eigenvalue weighted by Crippen LogP contribution is 2.28. The van der Waals surface area contributed by atoms with Crippen LogP contribution in [0.1, 0.15) is 15.9 Å². The number of carbonyl (C=O) groups excluding carboxylic acids is 1. The maximum atomic E-state index is 12.3. The summed E-state index contributed by atoms with van der Waals surface area (Å²) in [4.78, 5) is 28.2. The van der Waals surface area contributed by atoms with E-state index in [4.69, 9.17) is 16.3 Å². The molecule has 0 aliphatic carbocycles. The van der Waals surface area contributed by atoms with Gasteiger partial charge in [-0.2, -0.15) is 9.71 Å². The van der Waals surface area contributed by atoms with E-state index in [1.54, 1.807) is 24.3 Å². The Morgan fingerprint density at radius 2 is 2.04 bits per heavy atom. The Hall–Kier alpha value is -3.06. The number of nitrogens with one attached hydrogen (secondary N) is 1. The largest absolute Gasteiger partial charge is 0.496 e. The predicted molar refractivity (Wildman–Crippen MR) is 91.5 cm³/mol. The molecule has 2 N–H and O–H groups in total. The summed E-state index contributed by atoms with van der Waals surface area (Å²) < 4.78 is 5.89. The number of nitrogens with zero attached hydrogens (tertiary/aromatic N) is 2. The van der Waals surface area contributed by atoms with E-state index in [0.717, 1.165) is 5.56 Å². The second kappa shape index (κ2) is 6.82. The Morgan fingerprint density at radius 3 is 2.72 bits per heavy atom. The van der Waals surface area contributed by atoms with Crippen LogP contribution in [-0.2, 0) is 6.54 Å². The topological polar surface area (TPSA) is 93.4 Å². The van der Waals surface area contributed by atoms with Gasteiger partial charge in [0.2, 0.25) is 0 Å². The SMILES string of the molecule is COc1ccn(O)c2nc(=O)c(C(=O)NCc3ccc(Cl)cc3)cc1-2. The summed E-state index contributed by atoms with van der Waals surface area (Å²) in [5.41, 5.74) is 0.316. The standard InChI is InChI=1S/C17H14ClN3O4/c1-25-14-6-7-21(24)15-12(14)8-13(17(23)20-15)16(22)19-9-10-2-4-11(18)5-3-10/h2-8,24H,9H2,1H3,(H,19,22). The van der Waals surface area contributed by atoms with Crippen LogP contribution < -0.4 is 15.6 Å². The van der Waals surface area contributed by atoms with Gasteiger partial charge >= 0.3 is 0 Å². The number of amides is 1. The fraction of sp³-hybridized carbons (Fsp3) is 0.118. The first-order valence-corrected chi connectivity index (χ1v) is 7.69. The molecule has 0 unspecified atom stereocenters. The summed E-state index contributed by atoms with van der Waals surface area (Å²) in [6, 6.07) is 9.83. The molecular weight excluding hydrogens is 346 g/mol. The number of hydrogen-bond acceptors (Lipinski definition) is 5. The fourth-order valence-corrected chi connectivity index (χ4v) is 2.49. The summed E-state index contributed by atoms with van der Waals surface area (Å²) in [5, 5.41) is 13.0. The molecule has 0 bridgehead atoms. The summed E-state index contributed by atoms with van der Waals surface area (Å²) in [6.45, 7) is 0.236. The van der Waals surface area contributed by atoms with E-state index >= 15 is 0 Å². The number of halogens is 1. The van der Waals surface area contributed by atoms with Gasteiger partial charge in [-0.1, -0.05) is 23.7 Å². The van der Waals surface area contributed by atoms with Crippen molar-refractivity contribution in [3.8, 4) is 17.1 Å². The van der Waals surface area contributed by atoms with E-state index in [1.165, 1.54) is 25.4 Å². The van der Waals surface area contributed by atoms with Gasteiger partial charge in [-0.25, -0.2) is 0 Å². The maximum absolute atomic E-state index is 12.3. The third-order valence-electron chi connectivity index (χ3n) is 3.65. The van der Waals surface area contributed by atoms with Crippen LogP contribution in [0.5, 0.6) is 5.75 Å². The summed E-state index contributed by atoms with van der Waals surface area (Å²) in [7, 11) is 1.45. The molecule has 1 aromatic rings. The van der Waals surface area contributed by atoms with Crippen LogP contribution in [0.15, 0.2) is 47.4 Å². The molecular formula is C17H14ClN3O4. The molecule has 1 amide bonds. The highest BCUT2D eigenvalue weighted by molar-refractivity contribution is 6.30. The van der Waals surface area contributed by atoms with E-state index in [2.05, 4.69) is 10.3 Å². The molecule has 0 saturated carbocycles. The average molecular weight is 360 g/mol. The number of methoxy groups -OCH3 is 1. The predicted octanol–water partition coefficient (Wildman–Crippen LogP) is 2.18. The van der Waals surface area contributed by atoms with Gasteiger partial charge in [0.1, 0.15) is 11.3 Å². The fourth-order valence-electron chi connectivity index (χ4n) is 2.36. The highest BCUT2D eigenvalue weighted by Gasteiger charge is 2.20.